The number of carbonyl (C=O) groups is 1. The molecule has 0 bridgehead atoms. The maximum absolute atomic E-state index is 12.2. The van der Waals surface area contributed by atoms with E-state index in [4.69, 9.17) is 0 Å². The highest BCUT2D eigenvalue weighted by molar-refractivity contribution is 7.09. The fourth-order valence-electron chi connectivity index (χ4n) is 2.97. The Bertz CT molecular complexity index is 660. The molecule has 1 aliphatic heterocycles. The Labute approximate surface area is 141 Å². The van der Waals surface area contributed by atoms with Gasteiger partial charge in [0.1, 0.15) is 0 Å². The Balaban J connectivity index is 1.63. The average molecular weight is 329 g/mol. The summed E-state index contributed by atoms with van der Waals surface area (Å²) in [6, 6.07) is 8.18. The van der Waals surface area contributed by atoms with Crippen LogP contribution in [0.1, 0.15) is 36.4 Å². The Morgan fingerprint density at radius 1 is 1.26 bits per heavy atom. The summed E-state index contributed by atoms with van der Waals surface area (Å²) in [7, 11) is 0. The number of nitrogens with one attached hydrogen (secondary N) is 1. The minimum absolute atomic E-state index is 0.0108. The second kappa shape index (κ2) is 7.59. The largest absolute Gasteiger partial charge is 0.371 e. The average Bonchev–Trinajstić information content (AvgIpc) is 2.78. The van der Waals surface area contributed by atoms with E-state index in [1.54, 1.807) is 11.3 Å². The van der Waals surface area contributed by atoms with Crippen molar-refractivity contribution in [3.8, 4) is 0 Å². The van der Waals surface area contributed by atoms with Crippen molar-refractivity contribution >= 4 is 28.6 Å². The molecule has 1 amide bonds. The van der Waals surface area contributed by atoms with E-state index in [0.717, 1.165) is 29.5 Å². The van der Waals surface area contributed by atoms with Crippen LogP contribution in [0.4, 0.5) is 11.4 Å². The molecule has 0 aliphatic carbocycles. The Morgan fingerprint density at radius 3 is 2.74 bits per heavy atom. The zero-order chi connectivity index (χ0) is 16.1. The number of amides is 1. The van der Waals surface area contributed by atoms with Crippen molar-refractivity contribution in [2.45, 2.75) is 39.0 Å². The number of hydrogen-bond donors (Lipinski definition) is 1. The predicted molar refractivity (Wildman–Crippen MR) is 96.3 cm³/mol. The first-order valence-corrected chi connectivity index (χ1v) is 9.14. The van der Waals surface area contributed by atoms with Gasteiger partial charge in [0.2, 0.25) is 5.91 Å². The highest BCUT2D eigenvalue weighted by Crippen LogP contribution is 2.23. The highest BCUT2D eigenvalue weighted by Gasteiger charge is 2.11. The van der Waals surface area contributed by atoms with Gasteiger partial charge in [0, 0.05) is 29.8 Å². The Morgan fingerprint density at radius 2 is 2.04 bits per heavy atom. The minimum atomic E-state index is -0.0108. The third-order valence-corrected chi connectivity index (χ3v) is 4.93. The van der Waals surface area contributed by atoms with Crippen LogP contribution in [0, 0.1) is 6.92 Å². The monoisotopic (exact) mass is 329 g/mol. The second-order valence-electron chi connectivity index (χ2n) is 6.03. The molecule has 23 heavy (non-hydrogen) atoms. The van der Waals surface area contributed by atoms with Crippen LogP contribution in [-0.2, 0) is 11.2 Å². The molecule has 122 valence electrons. The first-order valence-electron chi connectivity index (χ1n) is 8.26. The molecule has 2 heterocycles. The summed E-state index contributed by atoms with van der Waals surface area (Å²) >= 11 is 1.58. The first kappa shape index (κ1) is 16.0. The predicted octanol–water partition coefficient (Wildman–Crippen LogP) is 4.01. The summed E-state index contributed by atoms with van der Waals surface area (Å²) in [4.78, 5) is 18.9. The maximum Gasteiger partial charge on any atom is 0.230 e. The van der Waals surface area contributed by atoms with Crippen molar-refractivity contribution in [3.05, 3.63) is 40.3 Å². The number of benzene rings is 1. The van der Waals surface area contributed by atoms with Crippen molar-refractivity contribution in [2.24, 2.45) is 0 Å². The molecule has 1 N–H and O–H groups in total. The molecule has 0 saturated carbocycles. The number of carbonyl (C=O) groups excluding carboxylic acids is 1. The minimum Gasteiger partial charge on any atom is -0.371 e. The first-order chi connectivity index (χ1) is 11.2. The highest BCUT2D eigenvalue weighted by atomic mass is 32.1. The van der Waals surface area contributed by atoms with Gasteiger partial charge < -0.3 is 10.2 Å². The molecule has 2 aromatic rings. The molecule has 1 aromatic carbocycles. The summed E-state index contributed by atoms with van der Waals surface area (Å²) in [5, 5.41) is 5.94. The van der Waals surface area contributed by atoms with Crippen LogP contribution in [0.25, 0.3) is 0 Å². The van der Waals surface area contributed by atoms with Crippen LogP contribution in [0.5, 0.6) is 0 Å². The van der Waals surface area contributed by atoms with Crippen molar-refractivity contribution < 1.29 is 4.79 Å². The number of aryl methyl sites for hydroxylation is 1. The standard InChI is InChI=1S/C18H23N3OS/c1-14-19-16(13-23-14)12-18(22)20-15-7-6-8-17(11-15)21-9-4-2-3-5-10-21/h6-8,11,13H,2-5,9-10,12H2,1H3,(H,20,22). The summed E-state index contributed by atoms with van der Waals surface area (Å²) in [6.07, 6.45) is 5.47. The SMILES string of the molecule is Cc1nc(CC(=O)Nc2cccc(N3CCCCCC3)c2)cs1. The van der Waals surface area contributed by atoms with Gasteiger partial charge in [0.15, 0.2) is 0 Å². The van der Waals surface area contributed by atoms with Crippen molar-refractivity contribution in [3.63, 3.8) is 0 Å². The molecule has 1 aliphatic rings. The number of nitrogens with zero attached hydrogens (tertiary/aromatic N) is 2. The van der Waals surface area contributed by atoms with E-state index in [-0.39, 0.29) is 5.91 Å². The fraction of sp³-hybridized carbons (Fsp3) is 0.444. The van der Waals surface area contributed by atoms with Gasteiger partial charge in [-0.05, 0) is 38.0 Å². The summed E-state index contributed by atoms with van der Waals surface area (Å²) in [5.74, 6) is -0.0108. The molecule has 1 aromatic heterocycles. The third kappa shape index (κ3) is 4.55. The molecular weight excluding hydrogens is 306 g/mol. The lowest BCUT2D eigenvalue weighted by Gasteiger charge is -2.23. The molecule has 0 unspecified atom stereocenters. The quantitative estimate of drug-likeness (QED) is 0.921. The van der Waals surface area contributed by atoms with Crippen molar-refractivity contribution in [1.82, 2.24) is 4.98 Å². The lowest BCUT2D eigenvalue weighted by atomic mass is 10.2. The lowest BCUT2D eigenvalue weighted by molar-refractivity contribution is -0.115. The van der Waals surface area contributed by atoms with E-state index < -0.39 is 0 Å². The van der Waals surface area contributed by atoms with Gasteiger partial charge >= 0.3 is 0 Å². The maximum atomic E-state index is 12.2. The van der Waals surface area contributed by atoms with Crippen molar-refractivity contribution in [2.75, 3.05) is 23.3 Å². The number of rotatable bonds is 4. The molecule has 4 nitrogen and oxygen atoms in total. The third-order valence-electron chi connectivity index (χ3n) is 4.11. The molecular formula is C18H23N3OS. The van der Waals surface area contributed by atoms with Gasteiger partial charge in [0.05, 0.1) is 17.1 Å². The summed E-state index contributed by atoms with van der Waals surface area (Å²) < 4.78 is 0. The molecule has 3 rings (SSSR count). The van der Waals surface area contributed by atoms with E-state index in [2.05, 4.69) is 27.3 Å². The van der Waals surface area contributed by atoms with Gasteiger partial charge in [-0.1, -0.05) is 18.9 Å². The van der Waals surface area contributed by atoms with Gasteiger partial charge in [-0.25, -0.2) is 4.98 Å². The zero-order valence-corrected chi connectivity index (χ0v) is 14.4. The fourth-order valence-corrected chi connectivity index (χ4v) is 3.58. The van der Waals surface area contributed by atoms with Gasteiger partial charge in [-0.15, -0.1) is 11.3 Å². The normalized spacial score (nSPS) is 15.3. The number of thiazole rings is 1. The molecule has 0 spiro atoms. The van der Waals surface area contributed by atoms with Crippen LogP contribution in [0.3, 0.4) is 0 Å². The van der Waals surface area contributed by atoms with Gasteiger partial charge in [-0.3, -0.25) is 4.79 Å². The van der Waals surface area contributed by atoms with E-state index in [9.17, 15) is 4.79 Å². The van der Waals surface area contributed by atoms with Crippen LogP contribution in [0.2, 0.25) is 0 Å². The van der Waals surface area contributed by atoms with E-state index in [0.29, 0.717) is 6.42 Å². The molecule has 1 saturated heterocycles. The van der Waals surface area contributed by atoms with E-state index >= 15 is 0 Å². The molecule has 5 heteroatoms. The summed E-state index contributed by atoms with van der Waals surface area (Å²) in [5.41, 5.74) is 2.91. The molecule has 0 atom stereocenters. The topological polar surface area (TPSA) is 45.2 Å². The zero-order valence-electron chi connectivity index (χ0n) is 13.5. The number of hydrogen-bond acceptors (Lipinski definition) is 4. The Kier molecular flexibility index (Phi) is 5.28. The number of anilines is 2. The second-order valence-corrected chi connectivity index (χ2v) is 7.10. The number of aromatic nitrogens is 1. The van der Waals surface area contributed by atoms with Crippen molar-refractivity contribution in [1.29, 1.82) is 0 Å². The van der Waals surface area contributed by atoms with Crippen LogP contribution >= 0.6 is 11.3 Å². The van der Waals surface area contributed by atoms with Gasteiger partial charge in [0.25, 0.3) is 0 Å². The van der Waals surface area contributed by atoms with E-state index in [1.807, 2.05) is 24.4 Å². The molecule has 0 radical (unpaired) electrons. The lowest BCUT2D eigenvalue weighted by Crippen LogP contribution is -2.24. The van der Waals surface area contributed by atoms with Crippen LogP contribution in [-0.4, -0.2) is 24.0 Å². The van der Waals surface area contributed by atoms with Crippen LogP contribution in [0.15, 0.2) is 29.6 Å². The Hall–Kier alpha value is -1.88. The molecule has 1 fully saturated rings. The van der Waals surface area contributed by atoms with Gasteiger partial charge in [-0.2, -0.15) is 0 Å². The van der Waals surface area contributed by atoms with Crippen LogP contribution < -0.4 is 10.2 Å². The van der Waals surface area contributed by atoms with E-state index in [1.165, 1.54) is 31.4 Å². The summed E-state index contributed by atoms with van der Waals surface area (Å²) in [6.45, 7) is 4.17. The smallest absolute Gasteiger partial charge is 0.230 e.